The maximum atomic E-state index is 12.4. The summed E-state index contributed by atoms with van der Waals surface area (Å²) in [6, 6.07) is 0. The van der Waals surface area contributed by atoms with E-state index in [1.54, 1.807) is 14.0 Å². The van der Waals surface area contributed by atoms with E-state index in [4.69, 9.17) is 0 Å². The van der Waals surface area contributed by atoms with Crippen molar-refractivity contribution < 1.29 is 4.39 Å². The van der Waals surface area contributed by atoms with Crippen molar-refractivity contribution in [1.82, 2.24) is 5.32 Å². The number of hydrogen-bond acceptors (Lipinski definition) is 1. The molecule has 0 atom stereocenters. The van der Waals surface area contributed by atoms with Crippen LogP contribution in [-0.4, -0.2) is 13.6 Å². The molecule has 0 bridgehead atoms. The van der Waals surface area contributed by atoms with Gasteiger partial charge in [-0.3, -0.25) is 0 Å². The second-order valence-electron chi connectivity index (χ2n) is 1.89. The first kappa shape index (κ1) is 8.37. The monoisotopic (exact) mass is 129 g/mol. The van der Waals surface area contributed by atoms with Gasteiger partial charge in [-0.25, -0.2) is 4.39 Å². The van der Waals surface area contributed by atoms with Crippen LogP contribution in [0.5, 0.6) is 0 Å². The molecule has 0 unspecified atom stereocenters. The second kappa shape index (κ2) is 4.27. The predicted octanol–water partition coefficient (Wildman–Crippen LogP) is 1.64. The van der Waals surface area contributed by atoms with Crippen molar-refractivity contribution >= 4 is 0 Å². The van der Waals surface area contributed by atoms with Gasteiger partial charge >= 0.3 is 0 Å². The van der Waals surface area contributed by atoms with Crippen molar-refractivity contribution in [2.24, 2.45) is 0 Å². The molecule has 0 aromatic rings. The molecule has 1 nitrogen and oxygen atoms in total. The zero-order chi connectivity index (χ0) is 7.28. The van der Waals surface area contributed by atoms with Crippen LogP contribution in [0.2, 0.25) is 0 Å². The molecule has 0 spiro atoms. The van der Waals surface area contributed by atoms with Crippen molar-refractivity contribution in [3.8, 4) is 0 Å². The number of allylic oxidation sites excluding steroid dienone is 2. The highest BCUT2D eigenvalue weighted by molar-refractivity contribution is 5.19. The zero-order valence-electron chi connectivity index (χ0n) is 5.87. The Kier molecular flexibility index (Phi) is 3.97. The molecular formula is C7H12FN. The number of likely N-dealkylation sites (N-methyl/N-ethyl adjacent to an activating group) is 1. The molecule has 9 heavy (non-hydrogen) atoms. The maximum absolute atomic E-state index is 12.4. The number of nitrogens with one attached hydrogen (secondary N) is 1. The second-order valence-corrected chi connectivity index (χ2v) is 1.89. The van der Waals surface area contributed by atoms with E-state index >= 15 is 0 Å². The summed E-state index contributed by atoms with van der Waals surface area (Å²) in [4.78, 5) is 0. The van der Waals surface area contributed by atoms with Crippen molar-refractivity contribution in [1.29, 1.82) is 0 Å². The Morgan fingerprint density at radius 2 is 2.33 bits per heavy atom. The highest BCUT2D eigenvalue weighted by Crippen LogP contribution is 2.05. The van der Waals surface area contributed by atoms with Crippen LogP contribution in [0.1, 0.15) is 6.92 Å². The first-order valence-electron chi connectivity index (χ1n) is 2.84. The third-order valence-corrected chi connectivity index (χ3v) is 0.893. The lowest BCUT2D eigenvalue weighted by Crippen LogP contribution is -2.04. The minimum atomic E-state index is -0.232. The van der Waals surface area contributed by atoms with Gasteiger partial charge in [0.05, 0.1) is 0 Å². The quantitative estimate of drug-likeness (QED) is 0.571. The summed E-state index contributed by atoms with van der Waals surface area (Å²) >= 11 is 0. The molecule has 0 aromatic heterocycles. The average molecular weight is 129 g/mol. The summed E-state index contributed by atoms with van der Waals surface area (Å²) in [7, 11) is 1.77. The molecule has 1 N–H and O–H groups in total. The van der Waals surface area contributed by atoms with Gasteiger partial charge in [-0.05, 0) is 25.6 Å². The van der Waals surface area contributed by atoms with Crippen LogP contribution in [0.15, 0.2) is 24.1 Å². The summed E-state index contributed by atoms with van der Waals surface area (Å²) in [5.41, 5.74) is 0.477. The molecule has 0 aliphatic carbocycles. The smallest absolute Gasteiger partial charge is 0.122 e. The van der Waals surface area contributed by atoms with Crippen molar-refractivity contribution in [3.63, 3.8) is 0 Å². The Morgan fingerprint density at radius 3 is 2.67 bits per heavy atom. The van der Waals surface area contributed by atoms with Gasteiger partial charge in [-0.2, -0.15) is 0 Å². The highest BCUT2D eigenvalue weighted by atomic mass is 19.1. The van der Waals surface area contributed by atoms with E-state index in [-0.39, 0.29) is 5.83 Å². The van der Waals surface area contributed by atoms with E-state index < -0.39 is 0 Å². The Balaban J connectivity index is 3.69. The average Bonchev–Trinajstić information content (AvgIpc) is 1.82. The molecule has 0 radical (unpaired) electrons. The predicted molar refractivity (Wildman–Crippen MR) is 37.9 cm³/mol. The number of halogens is 1. The molecule has 0 rings (SSSR count). The van der Waals surface area contributed by atoms with Gasteiger partial charge in [0.1, 0.15) is 5.83 Å². The Labute approximate surface area is 55.3 Å². The normalized spacial score (nSPS) is 11.7. The molecular weight excluding hydrogens is 117 g/mol. The van der Waals surface area contributed by atoms with E-state index in [2.05, 4.69) is 11.9 Å². The van der Waals surface area contributed by atoms with Crippen LogP contribution < -0.4 is 5.32 Å². The summed E-state index contributed by atoms with van der Waals surface area (Å²) in [6.45, 7) is 5.63. The van der Waals surface area contributed by atoms with Crippen LogP contribution in [0.25, 0.3) is 0 Å². The number of rotatable bonds is 3. The fourth-order valence-corrected chi connectivity index (χ4v) is 0.366. The van der Waals surface area contributed by atoms with Gasteiger partial charge < -0.3 is 5.32 Å². The minimum Gasteiger partial charge on any atom is -0.316 e. The van der Waals surface area contributed by atoms with E-state index in [1.807, 2.05) is 0 Å². The van der Waals surface area contributed by atoms with Crippen molar-refractivity contribution in [2.45, 2.75) is 6.92 Å². The summed E-state index contributed by atoms with van der Waals surface area (Å²) in [5.74, 6) is -0.232. The standard InChI is InChI=1S/C7H12FN/c1-6(2)7(8)4-5-9-3/h4,9H,1,5H2,2-3H3/b7-4+. The summed E-state index contributed by atoms with van der Waals surface area (Å²) in [6.07, 6.45) is 1.46. The highest BCUT2D eigenvalue weighted by Gasteiger charge is 1.90. The molecule has 0 amide bonds. The van der Waals surface area contributed by atoms with Crippen molar-refractivity contribution in [2.75, 3.05) is 13.6 Å². The molecule has 2 heteroatoms. The van der Waals surface area contributed by atoms with Crippen LogP contribution in [0.3, 0.4) is 0 Å². The molecule has 0 saturated carbocycles. The lowest BCUT2D eigenvalue weighted by Gasteiger charge is -1.92. The lowest BCUT2D eigenvalue weighted by atomic mass is 10.3. The first-order chi connectivity index (χ1) is 4.18. The van der Waals surface area contributed by atoms with Gasteiger partial charge in [-0.15, -0.1) is 0 Å². The molecule has 52 valence electrons. The van der Waals surface area contributed by atoms with Crippen LogP contribution in [0.4, 0.5) is 4.39 Å². The van der Waals surface area contributed by atoms with Gasteiger partial charge in [-0.1, -0.05) is 6.58 Å². The first-order valence-corrected chi connectivity index (χ1v) is 2.84. The topological polar surface area (TPSA) is 12.0 Å². The molecule has 0 saturated heterocycles. The molecule has 0 aliphatic heterocycles. The fraction of sp³-hybridized carbons (Fsp3) is 0.429. The molecule has 0 aliphatic rings. The minimum absolute atomic E-state index is 0.232. The van der Waals surface area contributed by atoms with E-state index in [1.165, 1.54) is 6.08 Å². The Bertz CT molecular complexity index is 127. The molecule has 0 heterocycles. The Hall–Kier alpha value is -0.630. The van der Waals surface area contributed by atoms with E-state index in [0.717, 1.165) is 0 Å². The largest absolute Gasteiger partial charge is 0.316 e. The van der Waals surface area contributed by atoms with Crippen molar-refractivity contribution in [3.05, 3.63) is 24.1 Å². The SMILES string of the molecule is C=C(C)/C(F)=C\CNC. The fourth-order valence-electron chi connectivity index (χ4n) is 0.366. The van der Waals surface area contributed by atoms with Gasteiger partial charge in [0.25, 0.3) is 0 Å². The number of hydrogen-bond donors (Lipinski definition) is 1. The maximum Gasteiger partial charge on any atom is 0.122 e. The van der Waals surface area contributed by atoms with Crippen LogP contribution in [-0.2, 0) is 0 Å². The van der Waals surface area contributed by atoms with Gasteiger partial charge in [0.2, 0.25) is 0 Å². The molecule has 0 fully saturated rings. The van der Waals surface area contributed by atoms with Crippen LogP contribution in [0, 0.1) is 0 Å². The lowest BCUT2D eigenvalue weighted by molar-refractivity contribution is 0.645. The Morgan fingerprint density at radius 1 is 1.78 bits per heavy atom. The van der Waals surface area contributed by atoms with Gasteiger partial charge in [0, 0.05) is 6.54 Å². The third kappa shape index (κ3) is 3.91. The third-order valence-electron chi connectivity index (χ3n) is 0.893. The van der Waals surface area contributed by atoms with Crippen LogP contribution >= 0.6 is 0 Å². The summed E-state index contributed by atoms with van der Waals surface area (Å²) in [5, 5.41) is 2.80. The van der Waals surface area contributed by atoms with E-state index in [9.17, 15) is 4.39 Å². The summed E-state index contributed by atoms with van der Waals surface area (Å²) < 4.78 is 12.4. The van der Waals surface area contributed by atoms with Gasteiger partial charge in [0.15, 0.2) is 0 Å². The van der Waals surface area contributed by atoms with E-state index in [0.29, 0.717) is 12.1 Å². The molecule has 0 aromatic carbocycles. The zero-order valence-corrected chi connectivity index (χ0v) is 5.87.